The Hall–Kier alpha value is -2.49. The van der Waals surface area contributed by atoms with Crippen LogP contribution in [-0.4, -0.2) is 13.0 Å². The largest absolute Gasteiger partial charge is 0.497 e. The van der Waals surface area contributed by atoms with Crippen LogP contribution in [0.3, 0.4) is 0 Å². The summed E-state index contributed by atoms with van der Waals surface area (Å²) in [6.45, 7) is 3.95. The minimum atomic E-state index is -0.385. The van der Waals surface area contributed by atoms with Crippen molar-refractivity contribution >= 4 is 11.6 Å². The summed E-state index contributed by atoms with van der Waals surface area (Å²) in [5, 5.41) is 7.77. The molecule has 2 aromatic rings. The first-order chi connectivity index (χ1) is 9.60. The SMILES string of the molecule is COc1cccc(C(=O)N=Nc2ccc(C)cc2C)c1. The van der Waals surface area contributed by atoms with Gasteiger partial charge in [-0.3, -0.25) is 4.79 Å². The molecule has 2 aromatic carbocycles. The lowest BCUT2D eigenvalue weighted by atomic mass is 10.1. The Morgan fingerprint density at radius 3 is 2.60 bits per heavy atom. The molecular formula is C16H16N2O2. The fourth-order valence-electron chi connectivity index (χ4n) is 1.83. The maximum Gasteiger partial charge on any atom is 0.295 e. The standard InChI is InChI=1S/C16H16N2O2/c1-11-7-8-15(12(2)9-11)17-18-16(19)13-5-4-6-14(10-13)20-3/h4-10H,1-3H3. The van der Waals surface area contributed by atoms with E-state index in [1.807, 2.05) is 32.0 Å². The van der Waals surface area contributed by atoms with Gasteiger partial charge in [0.2, 0.25) is 0 Å². The molecule has 0 heterocycles. The first-order valence-corrected chi connectivity index (χ1v) is 6.27. The lowest BCUT2D eigenvalue weighted by Gasteiger charge is -2.01. The van der Waals surface area contributed by atoms with Crippen molar-refractivity contribution in [1.29, 1.82) is 0 Å². The molecule has 0 radical (unpaired) electrons. The maximum atomic E-state index is 11.9. The molecule has 0 spiro atoms. The highest BCUT2D eigenvalue weighted by Gasteiger charge is 2.05. The van der Waals surface area contributed by atoms with E-state index in [9.17, 15) is 4.79 Å². The van der Waals surface area contributed by atoms with Crippen LogP contribution >= 0.6 is 0 Å². The third-order valence-corrected chi connectivity index (χ3v) is 2.92. The Bertz CT molecular complexity index is 663. The number of carbonyl (C=O) groups excluding carboxylic acids is 1. The molecule has 0 N–H and O–H groups in total. The van der Waals surface area contributed by atoms with Gasteiger partial charge in [0.15, 0.2) is 0 Å². The van der Waals surface area contributed by atoms with E-state index >= 15 is 0 Å². The van der Waals surface area contributed by atoms with E-state index in [0.717, 1.165) is 11.1 Å². The number of ether oxygens (including phenoxy) is 1. The second kappa shape index (κ2) is 6.10. The van der Waals surface area contributed by atoms with E-state index in [1.165, 1.54) is 0 Å². The number of aryl methyl sites for hydroxylation is 2. The molecule has 1 amide bonds. The van der Waals surface area contributed by atoms with Gasteiger partial charge in [0.25, 0.3) is 5.91 Å². The van der Waals surface area contributed by atoms with E-state index < -0.39 is 0 Å². The number of azo groups is 1. The zero-order valence-corrected chi connectivity index (χ0v) is 11.8. The van der Waals surface area contributed by atoms with Crippen LogP contribution in [0.2, 0.25) is 0 Å². The normalized spacial score (nSPS) is 10.8. The van der Waals surface area contributed by atoms with Crippen molar-refractivity contribution in [2.24, 2.45) is 10.2 Å². The summed E-state index contributed by atoms with van der Waals surface area (Å²) < 4.78 is 5.08. The molecule has 0 aliphatic carbocycles. The molecule has 0 aliphatic heterocycles. The third kappa shape index (κ3) is 3.29. The van der Waals surface area contributed by atoms with Crippen molar-refractivity contribution in [1.82, 2.24) is 0 Å². The van der Waals surface area contributed by atoms with Crippen LogP contribution in [0, 0.1) is 13.8 Å². The fourth-order valence-corrected chi connectivity index (χ4v) is 1.83. The number of hydrogen-bond donors (Lipinski definition) is 0. The number of methoxy groups -OCH3 is 1. The van der Waals surface area contributed by atoms with Crippen molar-refractivity contribution in [3.05, 3.63) is 59.2 Å². The molecule has 0 aliphatic rings. The predicted molar refractivity (Wildman–Crippen MR) is 77.8 cm³/mol. The lowest BCUT2D eigenvalue weighted by Crippen LogP contribution is -1.94. The Morgan fingerprint density at radius 2 is 1.90 bits per heavy atom. The van der Waals surface area contributed by atoms with Gasteiger partial charge < -0.3 is 4.74 Å². The number of amides is 1. The number of hydrogen-bond acceptors (Lipinski definition) is 3. The first-order valence-electron chi connectivity index (χ1n) is 6.27. The zero-order valence-electron chi connectivity index (χ0n) is 11.8. The molecule has 2 rings (SSSR count). The van der Waals surface area contributed by atoms with Crippen LogP contribution in [0.25, 0.3) is 0 Å². The van der Waals surface area contributed by atoms with Crippen LogP contribution in [-0.2, 0) is 0 Å². The highest BCUT2D eigenvalue weighted by Crippen LogP contribution is 2.20. The van der Waals surface area contributed by atoms with E-state index in [2.05, 4.69) is 10.2 Å². The minimum Gasteiger partial charge on any atom is -0.497 e. The third-order valence-electron chi connectivity index (χ3n) is 2.92. The van der Waals surface area contributed by atoms with Gasteiger partial charge in [0, 0.05) is 5.56 Å². The average molecular weight is 268 g/mol. The van der Waals surface area contributed by atoms with Gasteiger partial charge in [-0.2, -0.15) is 0 Å². The molecule has 20 heavy (non-hydrogen) atoms. The molecule has 0 saturated heterocycles. The maximum absolute atomic E-state index is 11.9. The second-order valence-corrected chi connectivity index (χ2v) is 4.53. The molecule has 4 heteroatoms. The Balaban J connectivity index is 2.20. The summed E-state index contributed by atoms with van der Waals surface area (Å²) in [6, 6.07) is 12.7. The second-order valence-electron chi connectivity index (χ2n) is 4.53. The van der Waals surface area contributed by atoms with Gasteiger partial charge >= 0.3 is 0 Å². The fraction of sp³-hybridized carbons (Fsp3) is 0.188. The van der Waals surface area contributed by atoms with Crippen LogP contribution in [0.5, 0.6) is 5.75 Å². The van der Waals surface area contributed by atoms with Gasteiger partial charge in [-0.1, -0.05) is 23.8 Å². The summed E-state index contributed by atoms with van der Waals surface area (Å²) in [7, 11) is 1.56. The van der Waals surface area contributed by atoms with E-state index in [-0.39, 0.29) is 5.91 Å². The van der Waals surface area contributed by atoms with Crippen molar-refractivity contribution in [3.63, 3.8) is 0 Å². The molecule has 0 atom stereocenters. The quantitative estimate of drug-likeness (QED) is 0.782. The van der Waals surface area contributed by atoms with E-state index in [1.54, 1.807) is 31.4 Å². The first kappa shape index (κ1) is 13.9. The highest BCUT2D eigenvalue weighted by molar-refractivity contribution is 5.95. The molecule has 0 bridgehead atoms. The molecule has 4 nitrogen and oxygen atoms in total. The Labute approximate surface area is 118 Å². The van der Waals surface area contributed by atoms with Gasteiger partial charge in [-0.05, 0) is 43.7 Å². The van der Waals surface area contributed by atoms with Gasteiger partial charge in [0.05, 0.1) is 12.8 Å². The summed E-state index contributed by atoms with van der Waals surface area (Å²) in [4.78, 5) is 11.9. The number of rotatable bonds is 3. The molecule has 0 unspecified atom stereocenters. The molecule has 0 saturated carbocycles. The average Bonchev–Trinajstić information content (AvgIpc) is 2.46. The van der Waals surface area contributed by atoms with Crippen LogP contribution in [0.4, 0.5) is 5.69 Å². The molecule has 0 aromatic heterocycles. The Morgan fingerprint density at radius 1 is 1.10 bits per heavy atom. The summed E-state index contributed by atoms with van der Waals surface area (Å²) in [5.74, 6) is 0.237. The van der Waals surface area contributed by atoms with E-state index in [0.29, 0.717) is 17.0 Å². The number of carbonyl (C=O) groups is 1. The highest BCUT2D eigenvalue weighted by atomic mass is 16.5. The number of nitrogens with zero attached hydrogens (tertiary/aromatic N) is 2. The van der Waals surface area contributed by atoms with Crippen LogP contribution in [0.15, 0.2) is 52.7 Å². The predicted octanol–water partition coefficient (Wildman–Crippen LogP) is 4.24. The molecular weight excluding hydrogens is 252 g/mol. The van der Waals surface area contributed by atoms with Crippen LogP contribution < -0.4 is 4.74 Å². The van der Waals surface area contributed by atoms with Crippen LogP contribution in [0.1, 0.15) is 21.5 Å². The van der Waals surface area contributed by atoms with Crippen molar-refractivity contribution in [3.8, 4) is 5.75 Å². The number of benzene rings is 2. The Kier molecular flexibility index (Phi) is 4.25. The van der Waals surface area contributed by atoms with Crippen molar-refractivity contribution in [2.75, 3.05) is 7.11 Å². The summed E-state index contributed by atoms with van der Waals surface area (Å²) in [6.07, 6.45) is 0. The van der Waals surface area contributed by atoms with Crippen molar-refractivity contribution in [2.45, 2.75) is 13.8 Å². The topological polar surface area (TPSA) is 51.0 Å². The zero-order chi connectivity index (χ0) is 14.5. The summed E-state index contributed by atoms with van der Waals surface area (Å²) >= 11 is 0. The smallest absolute Gasteiger partial charge is 0.295 e. The molecule has 102 valence electrons. The summed E-state index contributed by atoms with van der Waals surface area (Å²) in [5.41, 5.74) is 3.30. The van der Waals surface area contributed by atoms with E-state index in [4.69, 9.17) is 4.74 Å². The monoisotopic (exact) mass is 268 g/mol. The molecule has 0 fully saturated rings. The minimum absolute atomic E-state index is 0.385. The lowest BCUT2D eigenvalue weighted by molar-refractivity contribution is 0.0994. The van der Waals surface area contributed by atoms with Gasteiger partial charge in [0.1, 0.15) is 5.75 Å². The van der Waals surface area contributed by atoms with Gasteiger partial charge in [-0.25, -0.2) is 0 Å². The van der Waals surface area contributed by atoms with Gasteiger partial charge in [-0.15, -0.1) is 10.2 Å². The van der Waals surface area contributed by atoms with Crippen molar-refractivity contribution < 1.29 is 9.53 Å².